The molecule has 4 heteroatoms. The first-order chi connectivity index (χ1) is 7.77. The van der Waals surface area contributed by atoms with Crippen molar-refractivity contribution >= 4 is 5.91 Å². The molecule has 1 unspecified atom stereocenters. The lowest BCUT2D eigenvalue weighted by Crippen LogP contribution is -2.28. The van der Waals surface area contributed by atoms with Gasteiger partial charge in [-0.05, 0) is 24.5 Å². The fraction of sp³-hybridized carbons (Fsp3) is 0.333. The number of hydrogen-bond acceptors (Lipinski definition) is 3. The maximum absolute atomic E-state index is 11.1. The second-order valence-corrected chi connectivity index (χ2v) is 3.25. The Morgan fingerprint density at radius 2 is 2.50 bits per heavy atom. The molecule has 4 nitrogen and oxygen atoms in total. The lowest BCUT2D eigenvalue weighted by Gasteiger charge is -2.13. The van der Waals surface area contributed by atoms with Gasteiger partial charge in [-0.2, -0.15) is 0 Å². The van der Waals surface area contributed by atoms with Crippen LogP contribution in [0.4, 0.5) is 0 Å². The molecule has 1 amide bonds. The van der Waals surface area contributed by atoms with Gasteiger partial charge in [-0.1, -0.05) is 12.0 Å². The van der Waals surface area contributed by atoms with Crippen molar-refractivity contribution in [1.29, 1.82) is 0 Å². The molecule has 0 aliphatic carbocycles. The Morgan fingerprint density at radius 1 is 1.69 bits per heavy atom. The first-order valence-electron chi connectivity index (χ1n) is 4.99. The molecule has 0 radical (unpaired) electrons. The van der Waals surface area contributed by atoms with Gasteiger partial charge < -0.3 is 10.4 Å². The minimum absolute atomic E-state index is 0.0362. The summed E-state index contributed by atoms with van der Waals surface area (Å²) in [7, 11) is 0. The van der Waals surface area contributed by atoms with Crippen LogP contribution in [0.2, 0.25) is 0 Å². The van der Waals surface area contributed by atoms with E-state index in [1.807, 2.05) is 6.07 Å². The van der Waals surface area contributed by atoms with Crippen LogP contribution in [0.15, 0.2) is 24.5 Å². The van der Waals surface area contributed by atoms with Gasteiger partial charge in [0, 0.05) is 24.9 Å². The standard InChI is InChI=1S/C12H14N2O2/c1-2-4-12(16)14-8-11(9-15)10-5-3-6-13-7-10/h3,5-7,11,15H,8-9H2,1H3,(H,14,16). The van der Waals surface area contributed by atoms with Crippen LogP contribution in [0.25, 0.3) is 0 Å². The Kier molecular flexibility index (Phi) is 5.03. The highest BCUT2D eigenvalue weighted by Gasteiger charge is 2.10. The van der Waals surface area contributed by atoms with Gasteiger partial charge in [0.15, 0.2) is 0 Å². The summed E-state index contributed by atoms with van der Waals surface area (Å²) in [6.07, 6.45) is 3.34. The molecule has 2 N–H and O–H groups in total. The molecule has 84 valence electrons. The minimum atomic E-state index is -0.329. The zero-order valence-electron chi connectivity index (χ0n) is 9.10. The topological polar surface area (TPSA) is 62.2 Å². The monoisotopic (exact) mass is 218 g/mol. The number of carbonyl (C=O) groups excluding carboxylic acids is 1. The molecule has 0 aromatic carbocycles. The van der Waals surface area contributed by atoms with Crippen molar-refractivity contribution in [3.05, 3.63) is 30.1 Å². The Bertz CT molecular complexity index is 392. The third-order valence-corrected chi connectivity index (χ3v) is 2.12. The van der Waals surface area contributed by atoms with Crippen LogP contribution < -0.4 is 5.32 Å². The number of aliphatic hydroxyl groups excluding tert-OH is 1. The second kappa shape index (κ2) is 6.59. The maximum Gasteiger partial charge on any atom is 0.295 e. The normalized spacial score (nSPS) is 11.1. The van der Waals surface area contributed by atoms with E-state index >= 15 is 0 Å². The van der Waals surface area contributed by atoms with E-state index in [9.17, 15) is 9.90 Å². The Morgan fingerprint density at radius 3 is 3.06 bits per heavy atom. The van der Waals surface area contributed by atoms with E-state index in [4.69, 9.17) is 0 Å². The predicted molar refractivity (Wildman–Crippen MR) is 60.5 cm³/mol. The quantitative estimate of drug-likeness (QED) is 0.714. The first kappa shape index (κ1) is 12.2. The molecular weight excluding hydrogens is 204 g/mol. The van der Waals surface area contributed by atoms with Gasteiger partial charge in [-0.15, -0.1) is 0 Å². The van der Waals surface area contributed by atoms with Crippen LogP contribution in [0.1, 0.15) is 18.4 Å². The van der Waals surface area contributed by atoms with Gasteiger partial charge in [-0.3, -0.25) is 9.78 Å². The highest BCUT2D eigenvalue weighted by atomic mass is 16.3. The van der Waals surface area contributed by atoms with Crippen molar-refractivity contribution < 1.29 is 9.90 Å². The van der Waals surface area contributed by atoms with Crippen molar-refractivity contribution in [2.75, 3.05) is 13.2 Å². The minimum Gasteiger partial charge on any atom is -0.396 e. The smallest absolute Gasteiger partial charge is 0.295 e. The Hall–Kier alpha value is -1.86. The molecular formula is C12H14N2O2. The van der Waals surface area contributed by atoms with Crippen LogP contribution in [-0.2, 0) is 4.79 Å². The molecule has 1 rings (SSSR count). The van der Waals surface area contributed by atoms with E-state index in [0.717, 1.165) is 5.56 Å². The number of nitrogens with zero attached hydrogens (tertiary/aromatic N) is 1. The molecule has 0 saturated carbocycles. The van der Waals surface area contributed by atoms with Gasteiger partial charge in [0.1, 0.15) is 0 Å². The molecule has 0 spiro atoms. The number of carbonyl (C=O) groups is 1. The molecule has 1 heterocycles. The second-order valence-electron chi connectivity index (χ2n) is 3.25. The number of amides is 1. The number of hydrogen-bond donors (Lipinski definition) is 2. The SMILES string of the molecule is CC#CC(=O)NCC(CO)c1cccnc1. The first-order valence-corrected chi connectivity index (χ1v) is 4.99. The van der Waals surface area contributed by atoms with Crippen LogP contribution >= 0.6 is 0 Å². The maximum atomic E-state index is 11.1. The van der Waals surface area contributed by atoms with Crippen LogP contribution in [0, 0.1) is 11.8 Å². The number of pyridine rings is 1. The highest BCUT2D eigenvalue weighted by Crippen LogP contribution is 2.11. The van der Waals surface area contributed by atoms with E-state index < -0.39 is 0 Å². The van der Waals surface area contributed by atoms with Gasteiger partial charge in [0.2, 0.25) is 0 Å². The van der Waals surface area contributed by atoms with E-state index in [0.29, 0.717) is 6.54 Å². The van der Waals surface area contributed by atoms with Gasteiger partial charge in [0.25, 0.3) is 5.91 Å². The van der Waals surface area contributed by atoms with Crippen molar-refractivity contribution in [1.82, 2.24) is 10.3 Å². The Labute approximate surface area is 94.7 Å². The average Bonchev–Trinajstić information content (AvgIpc) is 2.31. The molecule has 0 aliphatic heterocycles. The third kappa shape index (κ3) is 3.71. The Balaban J connectivity index is 2.56. The van der Waals surface area contributed by atoms with Crippen molar-refractivity contribution in [3.8, 4) is 11.8 Å². The number of nitrogens with one attached hydrogen (secondary N) is 1. The van der Waals surface area contributed by atoms with E-state index in [-0.39, 0.29) is 18.4 Å². The third-order valence-electron chi connectivity index (χ3n) is 2.12. The molecule has 16 heavy (non-hydrogen) atoms. The summed E-state index contributed by atoms with van der Waals surface area (Å²) >= 11 is 0. The van der Waals surface area contributed by atoms with Crippen LogP contribution in [0.3, 0.4) is 0 Å². The molecule has 0 bridgehead atoms. The largest absolute Gasteiger partial charge is 0.396 e. The summed E-state index contributed by atoms with van der Waals surface area (Å²) in [4.78, 5) is 15.1. The van der Waals surface area contributed by atoms with Gasteiger partial charge >= 0.3 is 0 Å². The highest BCUT2D eigenvalue weighted by molar-refractivity contribution is 5.93. The van der Waals surface area contributed by atoms with Gasteiger partial charge in [-0.25, -0.2) is 0 Å². The molecule has 1 aromatic rings. The molecule has 1 aromatic heterocycles. The summed E-state index contributed by atoms with van der Waals surface area (Å²) in [5.74, 6) is 4.42. The zero-order chi connectivity index (χ0) is 11.8. The molecule has 1 atom stereocenters. The summed E-state index contributed by atoms with van der Waals surface area (Å²) in [5.41, 5.74) is 0.898. The summed E-state index contributed by atoms with van der Waals surface area (Å²) in [6, 6.07) is 3.66. The average molecular weight is 218 g/mol. The number of aromatic nitrogens is 1. The van der Waals surface area contributed by atoms with Crippen molar-refractivity contribution in [2.45, 2.75) is 12.8 Å². The van der Waals surface area contributed by atoms with E-state index in [1.165, 1.54) is 0 Å². The van der Waals surface area contributed by atoms with Crippen LogP contribution in [-0.4, -0.2) is 29.1 Å². The van der Waals surface area contributed by atoms with Gasteiger partial charge in [0.05, 0.1) is 6.61 Å². The molecule has 0 aliphatic rings. The fourth-order valence-electron chi connectivity index (χ4n) is 1.28. The lowest BCUT2D eigenvalue weighted by molar-refractivity contribution is -0.115. The number of aliphatic hydroxyl groups is 1. The lowest BCUT2D eigenvalue weighted by atomic mass is 10.0. The van der Waals surface area contributed by atoms with E-state index in [1.54, 1.807) is 25.4 Å². The zero-order valence-corrected chi connectivity index (χ0v) is 9.10. The van der Waals surface area contributed by atoms with E-state index in [2.05, 4.69) is 22.1 Å². The number of rotatable bonds is 4. The summed E-state index contributed by atoms with van der Waals surface area (Å²) < 4.78 is 0. The molecule has 0 fully saturated rings. The van der Waals surface area contributed by atoms with Crippen molar-refractivity contribution in [3.63, 3.8) is 0 Å². The summed E-state index contributed by atoms with van der Waals surface area (Å²) in [5, 5.41) is 11.8. The fourth-order valence-corrected chi connectivity index (χ4v) is 1.28. The summed E-state index contributed by atoms with van der Waals surface area (Å²) in [6.45, 7) is 1.92. The van der Waals surface area contributed by atoms with Crippen molar-refractivity contribution in [2.24, 2.45) is 0 Å². The van der Waals surface area contributed by atoms with Crippen LogP contribution in [0.5, 0.6) is 0 Å². The predicted octanol–water partition coefficient (Wildman–Crippen LogP) is 0.297. The molecule has 0 saturated heterocycles.